The van der Waals surface area contributed by atoms with Crippen LogP contribution in [0.25, 0.3) is 0 Å². The summed E-state index contributed by atoms with van der Waals surface area (Å²) in [6.07, 6.45) is 1.29. The van der Waals surface area contributed by atoms with Crippen molar-refractivity contribution in [3.8, 4) is 5.75 Å². The van der Waals surface area contributed by atoms with Gasteiger partial charge in [0.2, 0.25) is 0 Å². The molecule has 0 aliphatic rings. The van der Waals surface area contributed by atoms with Crippen molar-refractivity contribution in [3.63, 3.8) is 0 Å². The fourth-order valence-corrected chi connectivity index (χ4v) is 2.43. The summed E-state index contributed by atoms with van der Waals surface area (Å²) >= 11 is 0. The van der Waals surface area contributed by atoms with E-state index in [0.29, 0.717) is 11.3 Å². The zero-order valence-corrected chi connectivity index (χ0v) is 13.2. The number of benzene rings is 2. The Morgan fingerprint density at radius 3 is 2.38 bits per heavy atom. The van der Waals surface area contributed by atoms with Gasteiger partial charge in [0, 0.05) is 0 Å². The molecular formula is C15H14FN3O4S. The molecule has 0 fully saturated rings. The van der Waals surface area contributed by atoms with Crippen LogP contribution in [-0.2, 0) is 14.8 Å². The number of hydrazone groups is 1. The normalized spacial score (nSPS) is 11.4. The van der Waals surface area contributed by atoms with Crippen LogP contribution in [0.2, 0.25) is 0 Å². The van der Waals surface area contributed by atoms with Gasteiger partial charge in [0.15, 0.2) is 6.61 Å². The first-order valence-electron chi connectivity index (χ1n) is 6.68. The van der Waals surface area contributed by atoms with Gasteiger partial charge >= 0.3 is 0 Å². The van der Waals surface area contributed by atoms with E-state index in [0.717, 1.165) is 24.3 Å². The molecule has 9 heteroatoms. The number of nitrogens with two attached hydrogens (primary N) is 1. The summed E-state index contributed by atoms with van der Waals surface area (Å²) in [6.45, 7) is -0.231. The lowest BCUT2D eigenvalue weighted by Crippen LogP contribution is -2.20. The van der Waals surface area contributed by atoms with E-state index in [1.54, 1.807) is 24.3 Å². The summed E-state index contributed by atoms with van der Waals surface area (Å²) in [4.78, 5) is 12.5. The second-order valence-corrected chi connectivity index (χ2v) is 6.29. The molecule has 0 saturated carbocycles. The topological polar surface area (TPSA) is 111 Å². The lowest BCUT2D eigenvalue weighted by atomic mass is 10.2. The number of primary amides is 1. The Hall–Kier alpha value is -2.94. The fourth-order valence-electron chi connectivity index (χ4n) is 1.64. The number of hydrogen-bond donors (Lipinski definition) is 2. The van der Waals surface area contributed by atoms with E-state index in [9.17, 15) is 17.6 Å². The molecule has 0 radical (unpaired) electrons. The van der Waals surface area contributed by atoms with Gasteiger partial charge in [0.05, 0.1) is 11.1 Å². The zero-order chi connectivity index (χ0) is 17.6. The highest BCUT2D eigenvalue weighted by atomic mass is 32.2. The molecule has 0 bridgehead atoms. The fraction of sp³-hybridized carbons (Fsp3) is 0.0667. The summed E-state index contributed by atoms with van der Waals surface area (Å²) in [6, 6.07) is 10.8. The highest BCUT2D eigenvalue weighted by Crippen LogP contribution is 2.11. The second kappa shape index (κ2) is 7.55. The molecule has 2 rings (SSSR count). The van der Waals surface area contributed by atoms with Crippen LogP contribution in [0, 0.1) is 5.82 Å². The number of sulfonamides is 1. The van der Waals surface area contributed by atoms with Gasteiger partial charge in [-0.3, -0.25) is 4.79 Å². The van der Waals surface area contributed by atoms with Crippen molar-refractivity contribution >= 4 is 22.1 Å². The lowest BCUT2D eigenvalue weighted by Gasteiger charge is -2.04. The first-order valence-corrected chi connectivity index (χ1v) is 8.17. The molecule has 0 saturated heterocycles. The summed E-state index contributed by atoms with van der Waals surface area (Å²) < 4.78 is 41.7. The standard InChI is InChI=1S/C15H14FN3O4S/c16-12-3-7-14(8-4-12)24(21,22)19-18-9-11-1-5-13(6-2-11)23-10-15(17)20/h1-9,19H,10H2,(H2,17,20). The van der Waals surface area contributed by atoms with Gasteiger partial charge in [-0.25, -0.2) is 9.22 Å². The van der Waals surface area contributed by atoms with Crippen LogP contribution in [0.1, 0.15) is 5.56 Å². The molecule has 0 aliphatic carbocycles. The van der Waals surface area contributed by atoms with Crippen molar-refractivity contribution in [1.29, 1.82) is 0 Å². The van der Waals surface area contributed by atoms with Gasteiger partial charge in [-0.15, -0.1) is 0 Å². The predicted octanol–water partition coefficient (Wildman–Crippen LogP) is 1.00. The molecule has 24 heavy (non-hydrogen) atoms. The molecule has 3 N–H and O–H groups in total. The van der Waals surface area contributed by atoms with E-state index >= 15 is 0 Å². The molecule has 0 spiro atoms. The van der Waals surface area contributed by atoms with Gasteiger partial charge < -0.3 is 10.5 Å². The van der Waals surface area contributed by atoms with Gasteiger partial charge in [-0.1, -0.05) is 0 Å². The van der Waals surface area contributed by atoms with Gasteiger partial charge in [-0.05, 0) is 54.1 Å². The van der Waals surface area contributed by atoms with E-state index < -0.39 is 21.7 Å². The van der Waals surface area contributed by atoms with Crippen LogP contribution in [0.5, 0.6) is 5.75 Å². The number of carbonyl (C=O) groups is 1. The molecule has 0 aromatic heterocycles. The monoisotopic (exact) mass is 351 g/mol. The van der Waals surface area contributed by atoms with Gasteiger partial charge in [-0.2, -0.15) is 13.5 Å². The first-order chi connectivity index (χ1) is 11.4. The minimum atomic E-state index is -3.86. The average molecular weight is 351 g/mol. The van der Waals surface area contributed by atoms with Crippen LogP contribution in [0.4, 0.5) is 4.39 Å². The van der Waals surface area contributed by atoms with Crippen LogP contribution >= 0.6 is 0 Å². The minimum absolute atomic E-state index is 0.101. The van der Waals surface area contributed by atoms with Crippen LogP contribution < -0.4 is 15.3 Å². The minimum Gasteiger partial charge on any atom is -0.484 e. The van der Waals surface area contributed by atoms with E-state index in [4.69, 9.17) is 10.5 Å². The van der Waals surface area contributed by atoms with Crippen molar-refractivity contribution in [3.05, 3.63) is 59.9 Å². The maximum atomic E-state index is 12.8. The molecule has 7 nitrogen and oxygen atoms in total. The number of carbonyl (C=O) groups excluding carboxylic acids is 1. The number of ether oxygens (including phenoxy) is 1. The molecule has 126 valence electrons. The Morgan fingerprint density at radius 1 is 1.17 bits per heavy atom. The molecule has 1 amide bonds. The summed E-state index contributed by atoms with van der Waals surface area (Å²) in [5, 5.41) is 3.64. The zero-order valence-electron chi connectivity index (χ0n) is 12.3. The van der Waals surface area contributed by atoms with Crippen molar-refractivity contribution in [2.24, 2.45) is 10.8 Å². The molecule has 0 aliphatic heterocycles. The Balaban J connectivity index is 1.98. The van der Waals surface area contributed by atoms with E-state index in [2.05, 4.69) is 5.10 Å². The van der Waals surface area contributed by atoms with E-state index in [1.807, 2.05) is 4.83 Å². The number of hydrogen-bond acceptors (Lipinski definition) is 5. The van der Waals surface area contributed by atoms with E-state index in [1.165, 1.54) is 6.21 Å². The summed E-state index contributed by atoms with van der Waals surface area (Å²) in [5.74, 6) is -0.676. The Labute approximate surface area is 138 Å². The molecule has 0 unspecified atom stereocenters. The molecule has 0 atom stereocenters. The van der Waals surface area contributed by atoms with Crippen molar-refractivity contribution < 1.29 is 22.3 Å². The molecule has 0 heterocycles. The van der Waals surface area contributed by atoms with Gasteiger partial charge in [0.25, 0.3) is 15.9 Å². The number of amides is 1. The summed E-state index contributed by atoms with van der Waals surface area (Å²) in [5.41, 5.74) is 5.56. The third-order valence-electron chi connectivity index (χ3n) is 2.77. The third kappa shape index (κ3) is 5.06. The van der Waals surface area contributed by atoms with Crippen LogP contribution in [0.15, 0.2) is 58.5 Å². The number of rotatable bonds is 7. The van der Waals surface area contributed by atoms with Crippen molar-refractivity contribution in [1.82, 2.24) is 4.83 Å². The molecule has 2 aromatic carbocycles. The Kier molecular flexibility index (Phi) is 5.48. The maximum Gasteiger partial charge on any atom is 0.276 e. The smallest absolute Gasteiger partial charge is 0.276 e. The number of nitrogens with zero attached hydrogens (tertiary/aromatic N) is 1. The summed E-state index contributed by atoms with van der Waals surface area (Å²) in [7, 11) is -3.86. The van der Waals surface area contributed by atoms with Crippen molar-refractivity contribution in [2.75, 3.05) is 6.61 Å². The maximum absolute atomic E-state index is 12.8. The lowest BCUT2D eigenvalue weighted by molar-refractivity contribution is -0.119. The van der Waals surface area contributed by atoms with Crippen LogP contribution in [-0.4, -0.2) is 27.1 Å². The molecular weight excluding hydrogens is 337 g/mol. The number of nitrogens with one attached hydrogen (secondary N) is 1. The van der Waals surface area contributed by atoms with E-state index in [-0.39, 0.29) is 11.5 Å². The Morgan fingerprint density at radius 2 is 1.79 bits per heavy atom. The number of halogens is 1. The quantitative estimate of drug-likeness (QED) is 0.572. The Bertz CT molecular complexity index is 834. The van der Waals surface area contributed by atoms with Crippen LogP contribution in [0.3, 0.4) is 0 Å². The largest absolute Gasteiger partial charge is 0.484 e. The first kappa shape index (κ1) is 17.4. The SMILES string of the molecule is NC(=O)COc1ccc(C=NNS(=O)(=O)c2ccc(F)cc2)cc1. The van der Waals surface area contributed by atoms with Gasteiger partial charge in [0.1, 0.15) is 11.6 Å². The highest BCUT2D eigenvalue weighted by molar-refractivity contribution is 7.89. The average Bonchev–Trinajstić information content (AvgIpc) is 2.54. The predicted molar refractivity (Wildman–Crippen MR) is 85.4 cm³/mol. The second-order valence-electron chi connectivity index (χ2n) is 4.63. The third-order valence-corrected chi connectivity index (χ3v) is 4.01. The highest BCUT2D eigenvalue weighted by Gasteiger charge is 2.12. The van der Waals surface area contributed by atoms with Crippen molar-refractivity contribution in [2.45, 2.75) is 4.90 Å². The molecule has 2 aromatic rings.